The molecule has 1 amide bonds. The van der Waals surface area contributed by atoms with E-state index in [1.165, 1.54) is 16.8 Å². The van der Waals surface area contributed by atoms with E-state index in [2.05, 4.69) is 92.5 Å². The summed E-state index contributed by atoms with van der Waals surface area (Å²) in [7, 11) is 4.10. The molecule has 0 saturated heterocycles. The minimum Gasteiger partial charge on any atom is -0.378 e. The predicted octanol–water partition coefficient (Wildman–Crippen LogP) is 3.73. The first kappa shape index (κ1) is 24.7. The van der Waals surface area contributed by atoms with Crippen LogP contribution in [0.3, 0.4) is 0 Å². The Hall–Kier alpha value is -3.45. The van der Waals surface area contributed by atoms with Crippen molar-refractivity contribution in [2.24, 2.45) is 0 Å². The molecular formula is C28H36N6O. The van der Waals surface area contributed by atoms with Crippen LogP contribution in [0, 0.1) is 0 Å². The van der Waals surface area contributed by atoms with E-state index in [4.69, 9.17) is 0 Å². The van der Waals surface area contributed by atoms with Gasteiger partial charge in [0.05, 0.1) is 6.04 Å². The van der Waals surface area contributed by atoms with E-state index in [1.54, 1.807) is 0 Å². The fourth-order valence-electron chi connectivity index (χ4n) is 4.39. The fourth-order valence-corrected chi connectivity index (χ4v) is 4.39. The molecule has 2 aromatic carbocycles. The number of aryl methyl sites for hydroxylation is 1. The van der Waals surface area contributed by atoms with Gasteiger partial charge in [-0.2, -0.15) is 0 Å². The van der Waals surface area contributed by atoms with Crippen LogP contribution in [0.15, 0.2) is 60.7 Å². The zero-order chi connectivity index (χ0) is 24.6. The molecular weight excluding hydrogens is 436 g/mol. The Balaban J connectivity index is 1.28. The second-order valence-electron chi connectivity index (χ2n) is 9.34. The number of rotatable bonds is 9. The summed E-state index contributed by atoms with van der Waals surface area (Å²) in [6.07, 6.45) is 6.47. The van der Waals surface area contributed by atoms with Crippen LogP contribution in [0.2, 0.25) is 0 Å². The summed E-state index contributed by atoms with van der Waals surface area (Å²) < 4.78 is 2.19. The second kappa shape index (κ2) is 11.8. The number of nitrogens with one attached hydrogen (secondary N) is 1. The number of hydrogen-bond acceptors (Lipinski definition) is 5. The largest absolute Gasteiger partial charge is 0.378 e. The highest BCUT2D eigenvalue weighted by atomic mass is 16.1. The molecule has 35 heavy (non-hydrogen) atoms. The maximum absolute atomic E-state index is 12.5. The Labute approximate surface area is 208 Å². The smallest absolute Gasteiger partial charge is 0.220 e. The van der Waals surface area contributed by atoms with Crippen LogP contribution in [0.1, 0.15) is 42.2 Å². The van der Waals surface area contributed by atoms with Gasteiger partial charge in [-0.25, -0.2) is 0 Å². The molecule has 1 aliphatic rings. The highest BCUT2D eigenvalue weighted by Crippen LogP contribution is 2.17. The van der Waals surface area contributed by atoms with E-state index in [9.17, 15) is 4.79 Å². The number of hydrogen-bond donors (Lipinski definition) is 1. The lowest BCUT2D eigenvalue weighted by Crippen LogP contribution is -2.30. The minimum absolute atomic E-state index is 0.0395. The summed E-state index contributed by atoms with van der Waals surface area (Å²) in [6, 6.07) is 18.5. The van der Waals surface area contributed by atoms with Gasteiger partial charge in [-0.3, -0.25) is 9.69 Å². The molecule has 0 spiro atoms. The maximum atomic E-state index is 12.5. The van der Waals surface area contributed by atoms with Crippen molar-refractivity contribution in [1.29, 1.82) is 0 Å². The Morgan fingerprint density at radius 2 is 1.83 bits per heavy atom. The second-order valence-corrected chi connectivity index (χ2v) is 9.34. The Bertz CT molecular complexity index is 1120. The monoisotopic (exact) mass is 472 g/mol. The third kappa shape index (κ3) is 6.79. The Morgan fingerprint density at radius 1 is 1.06 bits per heavy atom. The lowest BCUT2D eigenvalue weighted by atomic mass is 10.1. The summed E-state index contributed by atoms with van der Waals surface area (Å²) in [6.45, 7) is 5.59. The van der Waals surface area contributed by atoms with Crippen molar-refractivity contribution >= 4 is 17.7 Å². The van der Waals surface area contributed by atoms with E-state index in [1.807, 2.05) is 25.1 Å². The summed E-state index contributed by atoms with van der Waals surface area (Å²) in [4.78, 5) is 17.1. The van der Waals surface area contributed by atoms with Crippen LogP contribution in [0.4, 0.5) is 5.69 Å². The van der Waals surface area contributed by atoms with Crippen molar-refractivity contribution in [3.63, 3.8) is 0 Å². The molecule has 1 aromatic heterocycles. The normalized spacial score (nSPS) is 14.9. The van der Waals surface area contributed by atoms with E-state index in [0.29, 0.717) is 6.42 Å². The van der Waals surface area contributed by atoms with Gasteiger partial charge in [-0.05, 0) is 36.6 Å². The van der Waals surface area contributed by atoms with Crippen LogP contribution < -0.4 is 10.2 Å². The maximum Gasteiger partial charge on any atom is 0.220 e. The minimum atomic E-state index is -0.170. The quantitative estimate of drug-likeness (QED) is 0.514. The molecule has 0 aliphatic carbocycles. The van der Waals surface area contributed by atoms with Gasteiger partial charge >= 0.3 is 0 Å². The molecule has 0 fully saturated rings. The lowest BCUT2D eigenvalue weighted by molar-refractivity contribution is -0.121. The Morgan fingerprint density at radius 3 is 2.57 bits per heavy atom. The number of amides is 1. The molecule has 7 nitrogen and oxygen atoms in total. The lowest BCUT2D eigenvalue weighted by Gasteiger charge is -2.18. The SMILES string of the molecule is CC(NC(=O)CCc1ccccc1)c1nnc2n1CCN(CC=Cc1ccc(N(C)C)cc1)CC2. The van der Waals surface area contributed by atoms with Gasteiger partial charge in [0.1, 0.15) is 5.82 Å². The van der Waals surface area contributed by atoms with Crippen LogP contribution in [0.25, 0.3) is 6.08 Å². The van der Waals surface area contributed by atoms with Gasteiger partial charge in [0.15, 0.2) is 5.82 Å². The zero-order valence-electron chi connectivity index (χ0n) is 21.0. The van der Waals surface area contributed by atoms with Crippen LogP contribution in [0.5, 0.6) is 0 Å². The number of fused-ring (bicyclic) bond motifs is 1. The first-order valence-corrected chi connectivity index (χ1v) is 12.4. The van der Waals surface area contributed by atoms with Gasteiger partial charge in [0.2, 0.25) is 5.91 Å². The molecule has 7 heteroatoms. The third-order valence-corrected chi connectivity index (χ3v) is 6.48. The van der Waals surface area contributed by atoms with E-state index >= 15 is 0 Å². The number of anilines is 1. The van der Waals surface area contributed by atoms with Crippen molar-refractivity contribution in [2.45, 2.75) is 38.8 Å². The molecule has 0 bridgehead atoms. The van der Waals surface area contributed by atoms with Crippen molar-refractivity contribution in [3.05, 3.63) is 83.4 Å². The number of carbonyl (C=O) groups excluding carboxylic acids is 1. The van der Waals surface area contributed by atoms with Crippen molar-refractivity contribution < 1.29 is 4.79 Å². The van der Waals surface area contributed by atoms with Gasteiger partial charge in [0, 0.05) is 58.8 Å². The average Bonchev–Trinajstić information content (AvgIpc) is 3.17. The number of aromatic nitrogens is 3. The number of benzene rings is 2. The van der Waals surface area contributed by atoms with Crippen molar-refractivity contribution in [2.75, 3.05) is 38.6 Å². The van der Waals surface area contributed by atoms with Crippen molar-refractivity contribution in [1.82, 2.24) is 25.0 Å². The first-order valence-electron chi connectivity index (χ1n) is 12.4. The van der Waals surface area contributed by atoms with Gasteiger partial charge < -0.3 is 14.8 Å². The number of carbonyl (C=O) groups is 1. The van der Waals surface area contributed by atoms with Crippen LogP contribution >= 0.6 is 0 Å². The van der Waals surface area contributed by atoms with E-state index < -0.39 is 0 Å². The van der Waals surface area contributed by atoms with Gasteiger partial charge in [0.25, 0.3) is 0 Å². The fraction of sp³-hybridized carbons (Fsp3) is 0.393. The van der Waals surface area contributed by atoms with E-state index in [0.717, 1.165) is 50.7 Å². The molecule has 184 valence electrons. The van der Waals surface area contributed by atoms with Gasteiger partial charge in [-0.1, -0.05) is 54.6 Å². The molecule has 1 N–H and O–H groups in total. The van der Waals surface area contributed by atoms with Crippen LogP contribution in [-0.2, 0) is 24.2 Å². The molecule has 2 heterocycles. The van der Waals surface area contributed by atoms with Crippen molar-refractivity contribution in [3.8, 4) is 0 Å². The summed E-state index contributed by atoms with van der Waals surface area (Å²) in [5, 5.41) is 12.0. The topological polar surface area (TPSA) is 66.3 Å². The summed E-state index contributed by atoms with van der Waals surface area (Å²) in [5.41, 5.74) is 3.59. The summed E-state index contributed by atoms with van der Waals surface area (Å²) >= 11 is 0. The molecule has 0 saturated carbocycles. The number of nitrogens with zero attached hydrogens (tertiary/aromatic N) is 5. The predicted molar refractivity (Wildman–Crippen MR) is 141 cm³/mol. The van der Waals surface area contributed by atoms with Crippen LogP contribution in [-0.4, -0.2) is 59.3 Å². The summed E-state index contributed by atoms with van der Waals surface area (Å²) in [5.74, 6) is 1.88. The molecule has 3 aromatic rings. The molecule has 1 aliphatic heterocycles. The molecule has 1 atom stereocenters. The molecule has 0 radical (unpaired) electrons. The zero-order valence-corrected chi connectivity index (χ0v) is 21.0. The third-order valence-electron chi connectivity index (χ3n) is 6.48. The van der Waals surface area contributed by atoms with E-state index in [-0.39, 0.29) is 11.9 Å². The standard InChI is InChI=1S/C28H36N6O/c1-22(29-27(35)16-13-23-8-5-4-6-9-23)28-31-30-26-17-19-33(20-21-34(26)28)18-7-10-24-11-14-25(15-12-24)32(2)3/h4-12,14-15,22H,13,16-21H2,1-3H3,(H,29,35). The van der Waals surface area contributed by atoms with Gasteiger partial charge in [-0.15, -0.1) is 10.2 Å². The molecule has 1 unspecified atom stereocenters. The average molecular weight is 473 g/mol. The first-order chi connectivity index (χ1) is 17.0. The molecule has 4 rings (SSSR count). The highest BCUT2D eigenvalue weighted by Gasteiger charge is 2.22. The Kier molecular flexibility index (Phi) is 8.32. The highest BCUT2D eigenvalue weighted by molar-refractivity contribution is 5.76.